The summed E-state index contributed by atoms with van der Waals surface area (Å²) in [6, 6.07) is 8.28. The van der Waals surface area contributed by atoms with Gasteiger partial charge in [0, 0.05) is 17.8 Å². The largest absolute Gasteiger partial charge is 0.388 e. The first-order valence-electron chi connectivity index (χ1n) is 6.62. The first-order chi connectivity index (χ1) is 9.59. The first-order valence-corrected chi connectivity index (χ1v) is 8.03. The van der Waals surface area contributed by atoms with E-state index in [2.05, 4.69) is 23.6 Å². The first kappa shape index (κ1) is 13.9. The number of nitrogens with zero attached hydrogens (tertiary/aromatic N) is 1. The van der Waals surface area contributed by atoms with Gasteiger partial charge in [0.1, 0.15) is 5.88 Å². The van der Waals surface area contributed by atoms with Gasteiger partial charge in [0.15, 0.2) is 0 Å². The van der Waals surface area contributed by atoms with Gasteiger partial charge in [-0.3, -0.25) is 4.79 Å². The number of carbonyl (C=O) groups excluding carboxylic acids is 1. The molecule has 1 fully saturated rings. The predicted molar refractivity (Wildman–Crippen MR) is 82.1 cm³/mol. The number of alkyl halides is 1. The van der Waals surface area contributed by atoms with E-state index in [1.54, 1.807) is 16.2 Å². The van der Waals surface area contributed by atoms with Crippen LogP contribution in [-0.4, -0.2) is 33.9 Å². The number of aliphatic hydroxyl groups is 1. The van der Waals surface area contributed by atoms with Crippen molar-refractivity contribution >= 4 is 38.9 Å². The molecule has 20 heavy (non-hydrogen) atoms. The molecule has 1 aromatic carbocycles. The highest BCUT2D eigenvalue weighted by Crippen LogP contribution is 2.36. The summed E-state index contributed by atoms with van der Waals surface area (Å²) in [6.07, 6.45) is 1.53. The van der Waals surface area contributed by atoms with Crippen LogP contribution < -0.4 is 0 Å². The van der Waals surface area contributed by atoms with Crippen LogP contribution >= 0.6 is 22.9 Å². The number of thiophene rings is 1. The Morgan fingerprint density at radius 3 is 2.90 bits per heavy atom. The van der Waals surface area contributed by atoms with E-state index < -0.39 is 5.60 Å². The second-order valence-electron chi connectivity index (χ2n) is 5.40. The highest BCUT2D eigenvalue weighted by molar-refractivity contribution is 7.17. The molecule has 5 heteroatoms. The molecule has 0 unspecified atom stereocenters. The van der Waals surface area contributed by atoms with Crippen LogP contribution in [0.2, 0.25) is 0 Å². The number of fused-ring (bicyclic) bond motifs is 1. The summed E-state index contributed by atoms with van der Waals surface area (Å²) in [4.78, 5) is 13.6. The summed E-state index contributed by atoms with van der Waals surface area (Å²) >= 11 is 7.37. The molecule has 3 rings (SSSR count). The van der Waals surface area contributed by atoms with E-state index >= 15 is 0 Å². The van der Waals surface area contributed by atoms with Crippen LogP contribution in [0.25, 0.3) is 10.1 Å². The number of rotatable bonds is 5. The lowest BCUT2D eigenvalue weighted by Crippen LogP contribution is -2.38. The van der Waals surface area contributed by atoms with Gasteiger partial charge in [-0.2, -0.15) is 0 Å². The van der Waals surface area contributed by atoms with E-state index in [0.29, 0.717) is 13.1 Å². The minimum Gasteiger partial charge on any atom is -0.388 e. The molecule has 1 heterocycles. The smallest absolute Gasteiger partial charge is 0.237 e. The Hall–Kier alpha value is -1.10. The lowest BCUT2D eigenvalue weighted by atomic mass is 10.1. The maximum Gasteiger partial charge on any atom is 0.237 e. The summed E-state index contributed by atoms with van der Waals surface area (Å²) in [5.74, 6) is -0.172. The van der Waals surface area contributed by atoms with Crippen LogP contribution in [0.4, 0.5) is 0 Å². The molecule has 0 aliphatic heterocycles. The van der Waals surface area contributed by atoms with E-state index in [0.717, 1.165) is 18.4 Å². The number of carbonyl (C=O) groups is 1. The predicted octanol–water partition coefficient (Wildman–Crippen LogP) is 2.99. The average Bonchev–Trinajstić information content (AvgIpc) is 2.99. The van der Waals surface area contributed by atoms with Crippen molar-refractivity contribution in [1.29, 1.82) is 0 Å². The van der Waals surface area contributed by atoms with Gasteiger partial charge in [0.25, 0.3) is 0 Å². The van der Waals surface area contributed by atoms with E-state index in [1.807, 2.05) is 6.07 Å². The Bertz CT molecular complexity index is 636. The van der Waals surface area contributed by atoms with E-state index in [-0.39, 0.29) is 11.8 Å². The zero-order valence-corrected chi connectivity index (χ0v) is 12.6. The number of halogens is 1. The molecule has 1 aromatic heterocycles. The van der Waals surface area contributed by atoms with Crippen LogP contribution in [0.15, 0.2) is 29.6 Å². The summed E-state index contributed by atoms with van der Waals surface area (Å²) in [5.41, 5.74) is 0.382. The van der Waals surface area contributed by atoms with Gasteiger partial charge in [-0.15, -0.1) is 22.9 Å². The van der Waals surface area contributed by atoms with E-state index in [9.17, 15) is 9.90 Å². The second kappa shape index (κ2) is 5.35. The quantitative estimate of drug-likeness (QED) is 0.863. The molecular formula is C15H16ClNO2S. The van der Waals surface area contributed by atoms with Gasteiger partial charge in [0.2, 0.25) is 5.91 Å². The number of hydrogen-bond donors (Lipinski definition) is 1. The Kier molecular flexibility index (Phi) is 3.71. The normalized spacial score (nSPS) is 16.3. The lowest BCUT2D eigenvalue weighted by molar-refractivity contribution is -0.131. The van der Waals surface area contributed by atoms with Gasteiger partial charge in [0.05, 0.1) is 5.60 Å². The third-order valence-corrected chi connectivity index (χ3v) is 4.80. The molecule has 0 spiro atoms. The Morgan fingerprint density at radius 2 is 2.20 bits per heavy atom. The van der Waals surface area contributed by atoms with Crippen molar-refractivity contribution in [2.75, 3.05) is 12.4 Å². The maximum absolute atomic E-state index is 11.9. The number of benzene rings is 1. The Labute approximate surface area is 126 Å². The zero-order valence-electron chi connectivity index (χ0n) is 11.0. The standard InChI is InChI=1S/C15H16ClNO2S/c16-8-14(18)17(10-15(19)4-5-15)9-11-1-2-13-12(7-11)3-6-20-13/h1-3,6-7,19H,4-5,8-10H2. The average molecular weight is 310 g/mol. The molecule has 1 aliphatic carbocycles. The minimum absolute atomic E-state index is 0.0449. The summed E-state index contributed by atoms with van der Waals surface area (Å²) in [6.45, 7) is 0.875. The fourth-order valence-electron chi connectivity index (χ4n) is 2.31. The molecule has 2 aromatic rings. The summed E-state index contributed by atoms with van der Waals surface area (Å²) in [5, 5.41) is 13.3. The van der Waals surface area contributed by atoms with Gasteiger partial charge < -0.3 is 10.0 Å². The van der Waals surface area contributed by atoms with Crippen molar-refractivity contribution in [3.05, 3.63) is 35.2 Å². The zero-order chi connectivity index (χ0) is 14.2. The van der Waals surface area contributed by atoms with Crippen LogP contribution in [0.5, 0.6) is 0 Å². The van der Waals surface area contributed by atoms with Gasteiger partial charge in [-0.05, 0) is 47.4 Å². The highest BCUT2D eigenvalue weighted by Gasteiger charge is 2.42. The van der Waals surface area contributed by atoms with E-state index in [4.69, 9.17) is 11.6 Å². The Balaban J connectivity index is 1.78. The molecule has 106 valence electrons. The lowest BCUT2D eigenvalue weighted by Gasteiger charge is -2.24. The molecule has 3 nitrogen and oxygen atoms in total. The van der Waals surface area contributed by atoms with Gasteiger partial charge in [-0.25, -0.2) is 0 Å². The van der Waals surface area contributed by atoms with Gasteiger partial charge in [-0.1, -0.05) is 6.07 Å². The molecule has 1 N–H and O–H groups in total. The number of hydrogen-bond acceptors (Lipinski definition) is 3. The number of amides is 1. The van der Waals surface area contributed by atoms with Crippen LogP contribution in [0.3, 0.4) is 0 Å². The fourth-order valence-corrected chi connectivity index (χ4v) is 3.25. The molecule has 1 saturated carbocycles. The molecular weight excluding hydrogens is 294 g/mol. The van der Waals surface area contributed by atoms with Crippen molar-refractivity contribution in [3.63, 3.8) is 0 Å². The van der Waals surface area contributed by atoms with Crippen LogP contribution in [0, 0.1) is 0 Å². The van der Waals surface area contributed by atoms with Gasteiger partial charge >= 0.3 is 0 Å². The summed E-state index contributed by atoms with van der Waals surface area (Å²) in [7, 11) is 0. The monoisotopic (exact) mass is 309 g/mol. The third kappa shape index (κ3) is 2.97. The van der Waals surface area contributed by atoms with Crippen molar-refractivity contribution in [1.82, 2.24) is 4.90 Å². The van der Waals surface area contributed by atoms with Crippen molar-refractivity contribution in [2.24, 2.45) is 0 Å². The minimum atomic E-state index is -0.686. The third-order valence-electron chi connectivity index (χ3n) is 3.67. The Morgan fingerprint density at radius 1 is 1.40 bits per heavy atom. The van der Waals surface area contributed by atoms with Crippen molar-refractivity contribution in [2.45, 2.75) is 25.0 Å². The SMILES string of the molecule is O=C(CCl)N(Cc1ccc2sccc2c1)CC1(O)CC1. The highest BCUT2D eigenvalue weighted by atomic mass is 35.5. The topological polar surface area (TPSA) is 40.5 Å². The maximum atomic E-state index is 11.9. The van der Waals surface area contributed by atoms with Crippen molar-refractivity contribution < 1.29 is 9.90 Å². The van der Waals surface area contributed by atoms with E-state index in [1.165, 1.54) is 10.1 Å². The molecule has 1 aliphatic rings. The molecule has 0 bridgehead atoms. The summed E-state index contributed by atoms with van der Waals surface area (Å²) < 4.78 is 1.24. The molecule has 0 radical (unpaired) electrons. The molecule has 1 amide bonds. The van der Waals surface area contributed by atoms with Crippen LogP contribution in [0.1, 0.15) is 18.4 Å². The second-order valence-corrected chi connectivity index (χ2v) is 6.62. The van der Waals surface area contributed by atoms with Crippen LogP contribution in [-0.2, 0) is 11.3 Å². The fraction of sp³-hybridized carbons (Fsp3) is 0.400. The van der Waals surface area contributed by atoms with Crippen molar-refractivity contribution in [3.8, 4) is 0 Å². The molecule has 0 atom stereocenters. The molecule has 0 saturated heterocycles.